The average molecular weight is 478 g/mol. The Morgan fingerprint density at radius 2 is 1.91 bits per heavy atom. The van der Waals surface area contributed by atoms with Crippen LogP contribution in [0.2, 0.25) is 0 Å². The first kappa shape index (κ1) is 23.2. The first-order valence-electron chi connectivity index (χ1n) is 11.9. The summed E-state index contributed by atoms with van der Waals surface area (Å²) in [5.74, 6) is 0.924. The van der Waals surface area contributed by atoms with Crippen molar-refractivity contribution in [2.24, 2.45) is 0 Å². The number of aromatic nitrogens is 1. The number of H-pyrrole nitrogens is 1. The lowest BCUT2D eigenvalue weighted by atomic mass is 9.76. The summed E-state index contributed by atoms with van der Waals surface area (Å²) >= 11 is 0. The predicted octanol–water partition coefficient (Wildman–Crippen LogP) is 3.25. The molecule has 35 heavy (non-hydrogen) atoms. The molecule has 5 rings (SSSR count). The minimum absolute atomic E-state index is 0.0382. The van der Waals surface area contributed by atoms with Crippen molar-refractivity contribution in [2.45, 2.75) is 25.3 Å². The van der Waals surface area contributed by atoms with Crippen LogP contribution in [0.1, 0.15) is 36.6 Å². The van der Waals surface area contributed by atoms with E-state index < -0.39 is 5.54 Å². The van der Waals surface area contributed by atoms with Crippen molar-refractivity contribution in [3.05, 3.63) is 59.3 Å². The second kappa shape index (κ2) is 8.92. The highest BCUT2D eigenvalue weighted by Crippen LogP contribution is 2.50. The highest BCUT2D eigenvalue weighted by atomic mass is 16.5. The normalized spacial score (nSPS) is 21.8. The quantitative estimate of drug-likeness (QED) is 0.565. The number of amides is 2. The molecule has 0 spiro atoms. The fourth-order valence-corrected chi connectivity index (χ4v) is 5.61. The van der Waals surface area contributed by atoms with Crippen LogP contribution in [-0.4, -0.2) is 73.7 Å². The molecule has 0 aliphatic carbocycles. The van der Waals surface area contributed by atoms with Crippen LogP contribution in [-0.2, 0) is 19.9 Å². The van der Waals surface area contributed by atoms with E-state index in [1.807, 2.05) is 50.2 Å². The van der Waals surface area contributed by atoms with E-state index in [-0.39, 0.29) is 24.3 Å². The van der Waals surface area contributed by atoms with Gasteiger partial charge in [0.15, 0.2) is 17.0 Å². The van der Waals surface area contributed by atoms with Gasteiger partial charge in [-0.3, -0.25) is 9.59 Å². The summed E-state index contributed by atoms with van der Waals surface area (Å²) in [6, 6.07) is 13.9. The fourth-order valence-electron chi connectivity index (χ4n) is 5.61. The van der Waals surface area contributed by atoms with Gasteiger partial charge in [-0.2, -0.15) is 0 Å². The Morgan fingerprint density at radius 3 is 2.66 bits per heavy atom. The summed E-state index contributed by atoms with van der Waals surface area (Å²) in [6.45, 7) is 5.41. The van der Waals surface area contributed by atoms with Crippen LogP contribution in [0.4, 0.5) is 0 Å². The van der Waals surface area contributed by atoms with E-state index in [0.717, 1.165) is 27.7 Å². The molecule has 8 heteroatoms. The summed E-state index contributed by atoms with van der Waals surface area (Å²) < 4.78 is 16.9. The number of methoxy groups -OCH3 is 2. The van der Waals surface area contributed by atoms with Crippen LogP contribution in [0.3, 0.4) is 0 Å². The standard InChI is InChI=1S/C27H31N3O5/c1-5-35-24-17(10-8-12-21(24)34-4)19-15-30-22(31)16-29(13-14-33-3)26(32)27(30,2)25-23(19)18-9-6-7-11-20(18)28-25/h6-12,19,28H,5,13-16H2,1-4H3/t19-,27-/m0/s1. The van der Waals surface area contributed by atoms with Gasteiger partial charge in [-0.25, -0.2) is 0 Å². The molecule has 1 aromatic heterocycles. The van der Waals surface area contributed by atoms with Crippen molar-refractivity contribution >= 4 is 22.7 Å². The maximum absolute atomic E-state index is 13.9. The molecule has 1 fully saturated rings. The Kier molecular flexibility index (Phi) is 5.92. The van der Waals surface area contributed by atoms with Gasteiger partial charge in [0.2, 0.25) is 5.91 Å². The molecule has 0 saturated carbocycles. The lowest BCUT2D eigenvalue weighted by Gasteiger charge is -2.51. The molecule has 1 saturated heterocycles. The van der Waals surface area contributed by atoms with Crippen LogP contribution in [0.15, 0.2) is 42.5 Å². The molecule has 0 radical (unpaired) electrons. The SMILES string of the molecule is CCOc1c(OC)cccc1[C@@H]1CN2C(=O)CN(CCOC)C(=O)[C@]2(C)c2[nH]c3ccccc3c21. The molecule has 3 heterocycles. The lowest BCUT2D eigenvalue weighted by Crippen LogP contribution is -2.67. The number of benzene rings is 2. The first-order valence-corrected chi connectivity index (χ1v) is 11.9. The molecular weight excluding hydrogens is 446 g/mol. The largest absolute Gasteiger partial charge is 0.493 e. The van der Waals surface area contributed by atoms with Crippen molar-refractivity contribution in [1.82, 2.24) is 14.8 Å². The smallest absolute Gasteiger partial charge is 0.255 e. The van der Waals surface area contributed by atoms with Gasteiger partial charge in [-0.1, -0.05) is 30.3 Å². The van der Waals surface area contributed by atoms with Gasteiger partial charge in [0, 0.05) is 42.6 Å². The van der Waals surface area contributed by atoms with Gasteiger partial charge in [-0.15, -0.1) is 0 Å². The van der Waals surface area contributed by atoms with Gasteiger partial charge in [0.05, 0.1) is 32.6 Å². The molecule has 2 atom stereocenters. The second-order valence-corrected chi connectivity index (χ2v) is 9.12. The van der Waals surface area contributed by atoms with Crippen LogP contribution in [0.5, 0.6) is 11.5 Å². The van der Waals surface area contributed by atoms with Gasteiger partial charge < -0.3 is 29.0 Å². The van der Waals surface area contributed by atoms with E-state index in [2.05, 4.69) is 11.1 Å². The zero-order valence-electron chi connectivity index (χ0n) is 20.6. The first-order chi connectivity index (χ1) is 16.9. The van der Waals surface area contributed by atoms with Gasteiger partial charge in [0.25, 0.3) is 5.91 Å². The van der Waals surface area contributed by atoms with Crippen LogP contribution in [0.25, 0.3) is 10.9 Å². The van der Waals surface area contributed by atoms with E-state index >= 15 is 0 Å². The summed E-state index contributed by atoms with van der Waals surface area (Å²) in [7, 11) is 3.22. The van der Waals surface area contributed by atoms with Crippen molar-refractivity contribution in [3.63, 3.8) is 0 Å². The number of piperazine rings is 1. The van der Waals surface area contributed by atoms with E-state index in [9.17, 15) is 9.59 Å². The number of nitrogens with zero attached hydrogens (tertiary/aromatic N) is 2. The highest BCUT2D eigenvalue weighted by molar-refractivity contribution is 6.01. The van der Waals surface area contributed by atoms with E-state index in [0.29, 0.717) is 37.8 Å². The minimum atomic E-state index is -1.14. The number of carbonyl (C=O) groups is 2. The van der Waals surface area contributed by atoms with Crippen molar-refractivity contribution in [1.29, 1.82) is 0 Å². The summed E-state index contributed by atoms with van der Waals surface area (Å²) in [4.78, 5) is 34.3. The summed E-state index contributed by atoms with van der Waals surface area (Å²) in [5, 5.41) is 1.04. The summed E-state index contributed by atoms with van der Waals surface area (Å²) in [5.41, 5.74) is 2.49. The molecular formula is C27H31N3O5. The molecule has 3 aromatic rings. The Bertz CT molecular complexity index is 1290. The lowest BCUT2D eigenvalue weighted by molar-refractivity contribution is -0.166. The number of rotatable bonds is 7. The molecule has 2 aliphatic heterocycles. The molecule has 8 nitrogen and oxygen atoms in total. The molecule has 2 aliphatic rings. The zero-order valence-corrected chi connectivity index (χ0v) is 20.6. The van der Waals surface area contributed by atoms with Gasteiger partial charge >= 0.3 is 0 Å². The Morgan fingerprint density at radius 1 is 1.11 bits per heavy atom. The molecule has 184 valence electrons. The number of fused-ring (bicyclic) bond motifs is 5. The third-order valence-corrected chi connectivity index (χ3v) is 7.28. The molecule has 2 amide bonds. The molecule has 1 N–H and O–H groups in total. The third-order valence-electron chi connectivity index (χ3n) is 7.28. The fraction of sp³-hybridized carbons (Fsp3) is 0.407. The predicted molar refractivity (Wildman–Crippen MR) is 132 cm³/mol. The zero-order chi connectivity index (χ0) is 24.7. The van der Waals surface area contributed by atoms with E-state index in [1.165, 1.54) is 0 Å². The van der Waals surface area contributed by atoms with Gasteiger partial charge in [-0.05, 0) is 31.5 Å². The number of hydrogen-bond acceptors (Lipinski definition) is 5. The number of ether oxygens (including phenoxy) is 3. The topological polar surface area (TPSA) is 84.1 Å². The number of nitrogens with one attached hydrogen (secondary N) is 1. The highest BCUT2D eigenvalue weighted by Gasteiger charge is 2.56. The van der Waals surface area contributed by atoms with Crippen molar-refractivity contribution < 1.29 is 23.8 Å². The number of hydrogen-bond donors (Lipinski definition) is 1. The summed E-state index contributed by atoms with van der Waals surface area (Å²) in [6.07, 6.45) is 0. The molecule has 0 unspecified atom stereocenters. The maximum atomic E-state index is 13.9. The average Bonchev–Trinajstić information content (AvgIpc) is 3.27. The Labute approximate surface area is 204 Å². The van der Waals surface area contributed by atoms with Crippen LogP contribution in [0, 0.1) is 0 Å². The Hall–Kier alpha value is -3.52. The Balaban J connectivity index is 1.74. The van der Waals surface area contributed by atoms with Gasteiger partial charge in [0.1, 0.15) is 0 Å². The number of aromatic amines is 1. The monoisotopic (exact) mass is 477 g/mol. The maximum Gasteiger partial charge on any atom is 0.255 e. The van der Waals surface area contributed by atoms with Crippen molar-refractivity contribution in [3.8, 4) is 11.5 Å². The molecule has 2 aromatic carbocycles. The molecule has 0 bridgehead atoms. The number of carbonyl (C=O) groups excluding carboxylic acids is 2. The van der Waals surface area contributed by atoms with E-state index in [1.54, 1.807) is 24.0 Å². The minimum Gasteiger partial charge on any atom is -0.493 e. The van der Waals surface area contributed by atoms with Crippen molar-refractivity contribution in [2.75, 3.05) is 47.1 Å². The van der Waals surface area contributed by atoms with E-state index in [4.69, 9.17) is 14.2 Å². The number of para-hydroxylation sites is 2. The second-order valence-electron chi connectivity index (χ2n) is 9.12. The third kappa shape index (κ3) is 3.46. The van der Waals surface area contributed by atoms with Crippen LogP contribution >= 0.6 is 0 Å². The van der Waals surface area contributed by atoms with Crippen LogP contribution < -0.4 is 9.47 Å².